The van der Waals surface area contributed by atoms with Gasteiger partial charge in [-0.25, -0.2) is 0 Å². The van der Waals surface area contributed by atoms with E-state index in [1.165, 1.54) is 0 Å². The van der Waals surface area contributed by atoms with Gasteiger partial charge >= 0.3 is 5.97 Å². The lowest BCUT2D eigenvalue weighted by Crippen LogP contribution is -1.98. The van der Waals surface area contributed by atoms with Crippen LogP contribution in [0.2, 0.25) is 0 Å². The molecule has 3 nitrogen and oxygen atoms in total. The van der Waals surface area contributed by atoms with Gasteiger partial charge in [-0.3, -0.25) is 4.79 Å². The largest absolute Gasteiger partial charge is 0.481 e. The second kappa shape index (κ2) is 5.13. The van der Waals surface area contributed by atoms with E-state index in [-0.39, 0.29) is 6.42 Å². The standard InChI is InChI=1S/C16H12BrNO2/c17-13-4-1-10(2-5-13)11-3-6-15-14(7-11)12(9-18-15)8-16(19)20/h1-7,9,18H,8H2,(H,19,20). The minimum absolute atomic E-state index is 0.0315. The quantitative estimate of drug-likeness (QED) is 0.755. The maximum Gasteiger partial charge on any atom is 0.307 e. The van der Waals surface area contributed by atoms with Crippen LogP contribution in [0, 0.1) is 0 Å². The smallest absolute Gasteiger partial charge is 0.307 e. The first kappa shape index (κ1) is 12.9. The number of hydrogen-bond donors (Lipinski definition) is 2. The normalized spacial score (nSPS) is 10.8. The average molecular weight is 330 g/mol. The first-order valence-corrected chi connectivity index (χ1v) is 7.00. The Morgan fingerprint density at radius 1 is 1.10 bits per heavy atom. The van der Waals surface area contributed by atoms with Gasteiger partial charge in [0, 0.05) is 21.6 Å². The number of rotatable bonds is 3. The number of carboxylic acids is 1. The summed E-state index contributed by atoms with van der Waals surface area (Å²) in [4.78, 5) is 14.0. The summed E-state index contributed by atoms with van der Waals surface area (Å²) in [6.07, 6.45) is 1.80. The van der Waals surface area contributed by atoms with Crippen LogP contribution in [0.3, 0.4) is 0 Å². The molecule has 2 aromatic carbocycles. The molecule has 0 radical (unpaired) electrons. The summed E-state index contributed by atoms with van der Waals surface area (Å²) in [6.45, 7) is 0. The highest BCUT2D eigenvalue weighted by Crippen LogP contribution is 2.27. The molecule has 0 aliphatic carbocycles. The Morgan fingerprint density at radius 3 is 2.50 bits per heavy atom. The van der Waals surface area contributed by atoms with Crippen LogP contribution in [0.1, 0.15) is 5.56 Å². The lowest BCUT2D eigenvalue weighted by Gasteiger charge is -2.03. The number of H-pyrrole nitrogens is 1. The second-order valence-electron chi connectivity index (χ2n) is 4.65. The number of aliphatic carboxylic acids is 1. The molecule has 0 aliphatic rings. The molecule has 4 heteroatoms. The van der Waals surface area contributed by atoms with Gasteiger partial charge in [-0.15, -0.1) is 0 Å². The highest BCUT2D eigenvalue weighted by Gasteiger charge is 2.08. The van der Waals surface area contributed by atoms with E-state index in [4.69, 9.17) is 5.11 Å². The Labute approximate surface area is 124 Å². The van der Waals surface area contributed by atoms with Gasteiger partial charge < -0.3 is 10.1 Å². The summed E-state index contributed by atoms with van der Waals surface area (Å²) in [5.74, 6) is -0.819. The highest BCUT2D eigenvalue weighted by molar-refractivity contribution is 9.10. The predicted molar refractivity (Wildman–Crippen MR) is 82.8 cm³/mol. The molecule has 0 unspecified atom stereocenters. The van der Waals surface area contributed by atoms with Crippen molar-refractivity contribution in [3.8, 4) is 11.1 Å². The Balaban J connectivity index is 2.09. The first-order chi connectivity index (χ1) is 9.63. The zero-order valence-corrected chi connectivity index (χ0v) is 12.1. The third kappa shape index (κ3) is 2.47. The van der Waals surface area contributed by atoms with E-state index in [9.17, 15) is 4.79 Å². The van der Waals surface area contributed by atoms with Crippen molar-refractivity contribution in [1.82, 2.24) is 4.98 Å². The number of benzene rings is 2. The molecule has 0 aliphatic heterocycles. The minimum Gasteiger partial charge on any atom is -0.481 e. The van der Waals surface area contributed by atoms with Crippen molar-refractivity contribution in [3.05, 3.63) is 58.7 Å². The van der Waals surface area contributed by atoms with Gasteiger partial charge in [-0.2, -0.15) is 0 Å². The fourth-order valence-electron chi connectivity index (χ4n) is 2.31. The summed E-state index contributed by atoms with van der Waals surface area (Å²) < 4.78 is 1.04. The number of carboxylic acid groups (broad SMARTS) is 1. The summed E-state index contributed by atoms with van der Waals surface area (Å²) in [5, 5.41) is 9.91. The molecule has 0 saturated carbocycles. The van der Waals surface area contributed by atoms with E-state index in [0.717, 1.165) is 32.1 Å². The molecular weight excluding hydrogens is 318 g/mol. The zero-order valence-electron chi connectivity index (χ0n) is 10.6. The second-order valence-corrected chi connectivity index (χ2v) is 5.57. The number of nitrogens with one attached hydrogen (secondary N) is 1. The molecule has 0 atom stereocenters. The van der Waals surface area contributed by atoms with Crippen LogP contribution >= 0.6 is 15.9 Å². The van der Waals surface area contributed by atoms with E-state index in [0.29, 0.717) is 0 Å². The van der Waals surface area contributed by atoms with Crippen LogP contribution in [0.25, 0.3) is 22.0 Å². The third-order valence-electron chi connectivity index (χ3n) is 3.29. The lowest BCUT2D eigenvalue weighted by atomic mass is 10.0. The molecule has 2 N–H and O–H groups in total. The van der Waals surface area contributed by atoms with Crippen molar-refractivity contribution in [3.63, 3.8) is 0 Å². The molecule has 3 aromatic rings. The van der Waals surface area contributed by atoms with Gasteiger partial charge in [0.05, 0.1) is 6.42 Å². The maximum atomic E-state index is 10.9. The van der Waals surface area contributed by atoms with Crippen LogP contribution in [-0.2, 0) is 11.2 Å². The maximum absolute atomic E-state index is 10.9. The monoisotopic (exact) mass is 329 g/mol. The summed E-state index contributed by atoms with van der Waals surface area (Å²) in [6, 6.07) is 14.1. The van der Waals surface area contributed by atoms with E-state index >= 15 is 0 Å². The van der Waals surface area contributed by atoms with Crippen LogP contribution in [0.5, 0.6) is 0 Å². The Hall–Kier alpha value is -2.07. The number of halogens is 1. The lowest BCUT2D eigenvalue weighted by molar-refractivity contribution is -0.136. The Bertz CT molecular complexity index is 775. The number of carbonyl (C=O) groups is 1. The Morgan fingerprint density at radius 2 is 1.80 bits per heavy atom. The van der Waals surface area contributed by atoms with Crippen LogP contribution in [-0.4, -0.2) is 16.1 Å². The van der Waals surface area contributed by atoms with Crippen molar-refractivity contribution >= 4 is 32.8 Å². The van der Waals surface area contributed by atoms with Crippen LogP contribution in [0.4, 0.5) is 0 Å². The highest BCUT2D eigenvalue weighted by atomic mass is 79.9. The van der Waals surface area contributed by atoms with Gasteiger partial charge in [0.25, 0.3) is 0 Å². The number of hydrogen-bond acceptors (Lipinski definition) is 1. The van der Waals surface area contributed by atoms with E-state index < -0.39 is 5.97 Å². The minimum atomic E-state index is -0.819. The topological polar surface area (TPSA) is 53.1 Å². The third-order valence-corrected chi connectivity index (χ3v) is 3.82. The fourth-order valence-corrected chi connectivity index (χ4v) is 2.57. The molecule has 0 bridgehead atoms. The average Bonchev–Trinajstić information content (AvgIpc) is 2.81. The molecule has 0 saturated heterocycles. The summed E-state index contributed by atoms with van der Waals surface area (Å²) in [5.41, 5.74) is 3.96. The first-order valence-electron chi connectivity index (χ1n) is 6.21. The van der Waals surface area contributed by atoms with Crippen LogP contribution < -0.4 is 0 Å². The van der Waals surface area contributed by atoms with Crippen molar-refractivity contribution in [2.45, 2.75) is 6.42 Å². The summed E-state index contributed by atoms with van der Waals surface area (Å²) in [7, 11) is 0. The molecule has 0 amide bonds. The molecule has 1 aromatic heterocycles. The van der Waals surface area contributed by atoms with Crippen molar-refractivity contribution in [2.75, 3.05) is 0 Å². The van der Waals surface area contributed by atoms with Gasteiger partial charge in [0.2, 0.25) is 0 Å². The van der Waals surface area contributed by atoms with Gasteiger partial charge in [-0.05, 0) is 41.0 Å². The zero-order chi connectivity index (χ0) is 14.1. The molecule has 3 rings (SSSR count). The summed E-state index contributed by atoms with van der Waals surface area (Å²) >= 11 is 3.42. The van der Waals surface area contributed by atoms with Crippen molar-refractivity contribution in [2.24, 2.45) is 0 Å². The molecule has 20 heavy (non-hydrogen) atoms. The van der Waals surface area contributed by atoms with E-state index in [1.807, 2.05) is 42.5 Å². The van der Waals surface area contributed by atoms with Gasteiger partial charge in [0.1, 0.15) is 0 Å². The van der Waals surface area contributed by atoms with E-state index in [2.05, 4.69) is 20.9 Å². The predicted octanol–water partition coefficient (Wildman–Crippen LogP) is 4.22. The van der Waals surface area contributed by atoms with Crippen molar-refractivity contribution in [1.29, 1.82) is 0 Å². The SMILES string of the molecule is O=C(O)Cc1c[nH]c2ccc(-c3ccc(Br)cc3)cc12. The molecule has 0 spiro atoms. The molecule has 100 valence electrons. The number of aromatic nitrogens is 1. The van der Waals surface area contributed by atoms with Crippen LogP contribution in [0.15, 0.2) is 53.1 Å². The number of fused-ring (bicyclic) bond motifs is 1. The fraction of sp³-hybridized carbons (Fsp3) is 0.0625. The van der Waals surface area contributed by atoms with Gasteiger partial charge in [0.15, 0.2) is 0 Å². The molecule has 0 fully saturated rings. The Kier molecular flexibility index (Phi) is 3.32. The van der Waals surface area contributed by atoms with E-state index in [1.54, 1.807) is 6.20 Å². The molecular formula is C16H12BrNO2. The van der Waals surface area contributed by atoms with Crippen molar-refractivity contribution < 1.29 is 9.90 Å². The molecule has 1 heterocycles. The number of aromatic amines is 1. The van der Waals surface area contributed by atoms with Gasteiger partial charge in [-0.1, -0.05) is 34.1 Å².